The number of rotatable bonds is 5. The molecule has 0 amide bonds. The molecule has 0 aliphatic heterocycles. The van der Waals surface area contributed by atoms with Gasteiger partial charge < -0.3 is 5.32 Å². The molecule has 0 heterocycles. The van der Waals surface area contributed by atoms with E-state index in [0.717, 1.165) is 25.1 Å². The normalized spacial score (nSPS) is 28.0. The highest BCUT2D eigenvalue weighted by Gasteiger charge is 2.22. The molecule has 1 aliphatic rings. The van der Waals surface area contributed by atoms with Gasteiger partial charge in [-0.2, -0.15) is 5.26 Å². The average Bonchev–Trinajstić information content (AvgIpc) is 2.53. The lowest BCUT2D eigenvalue weighted by Crippen LogP contribution is -2.37. The molecule has 0 radical (unpaired) electrons. The molecule has 3 unspecified atom stereocenters. The van der Waals surface area contributed by atoms with Crippen LogP contribution in [0.1, 0.15) is 39.0 Å². The maximum Gasteiger partial charge on any atom is 0.0672 e. The zero-order valence-electron chi connectivity index (χ0n) is 10.1. The quantitative estimate of drug-likeness (QED) is 0.748. The number of hydrogen-bond acceptors (Lipinski definition) is 3. The van der Waals surface area contributed by atoms with Crippen molar-refractivity contribution < 1.29 is 4.21 Å². The summed E-state index contributed by atoms with van der Waals surface area (Å²) in [4.78, 5) is 0. The molecule has 1 fully saturated rings. The average molecular weight is 242 g/mol. The molecule has 1 aliphatic carbocycles. The van der Waals surface area contributed by atoms with Crippen LogP contribution in [0.5, 0.6) is 0 Å². The predicted molar refractivity (Wildman–Crippen MR) is 67.5 cm³/mol. The number of nitriles is 1. The summed E-state index contributed by atoms with van der Waals surface area (Å²) in [5.74, 6) is 1.59. The van der Waals surface area contributed by atoms with Crippen LogP contribution in [0.4, 0.5) is 0 Å². The molecular formula is C12H22N2OS. The topological polar surface area (TPSA) is 52.9 Å². The molecule has 0 bridgehead atoms. The lowest BCUT2D eigenvalue weighted by atomic mass is 9.96. The van der Waals surface area contributed by atoms with Crippen LogP contribution in [0, 0.1) is 17.2 Å². The zero-order chi connectivity index (χ0) is 11.8. The Kier molecular flexibility index (Phi) is 6.67. The maximum atomic E-state index is 11.3. The van der Waals surface area contributed by atoms with Crippen LogP contribution in [-0.4, -0.2) is 28.3 Å². The standard InChI is InChI=1S/C12H22N2OS/c1-2-16(15)9-8-14-12-7-5-3-4-6-11(12)10-13/h11-12,14H,2-9H2,1H3. The number of nitrogens with zero attached hydrogens (tertiary/aromatic N) is 1. The lowest BCUT2D eigenvalue weighted by molar-refractivity contribution is 0.404. The van der Waals surface area contributed by atoms with Crippen molar-refractivity contribution in [3.8, 4) is 6.07 Å². The first kappa shape index (κ1) is 13.7. The molecule has 3 nitrogen and oxygen atoms in total. The fraction of sp³-hybridized carbons (Fsp3) is 0.917. The molecule has 0 spiro atoms. The fourth-order valence-corrected chi connectivity index (χ4v) is 2.84. The smallest absolute Gasteiger partial charge is 0.0672 e. The van der Waals surface area contributed by atoms with Crippen LogP contribution >= 0.6 is 0 Å². The largest absolute Gasteiger partial charge is 0.312 e. The molecule has 92 valence electrons. The summed E-state index contributed by atoms with van der Waals surface area (Å²) in [6.45, 7) is 2.73. The van der Waals surface area contributed by atoms with E-state index in [2.05, 4.69) is 11.4 Å². The van der Waals surface area contributed by atoms with E-state index in [-0.39, 0.29) is 5.92 Å². The van der Waals surface area contributed by atoms with E-state index >= 15 is 0 Å². The van der Waals surface area contributed by atoms with Crippen molar-refractivity contribution >= 4 is 10.8 Å². The molecule has 4 heteroatoms. The van der Waals surface area contributed by atoms with Gasteiger partial charge in [-0.3, -0.25) is 4.21 Å². The van der Waals surface area contributed by atoms with E-state index in [1.807, 2.05) is 6.92 Å². The highest BCUT2D eigenvalue weighted by molar-refractivity contribution is 7.84. The van der Waals surface area contributed by atoms with Gasteiger partial charge in [0.05, 0.1) is 12.0 Å². The summed E-state index contributed by atoms with van der Waals surface area (Å²) in [5.41, 5.74) is 0. The minimum absolute atomic E-state index is 0.151. The second-order valence-electron chi connectivity index (χ2n) is 4.37. The minimum atomic E-state index is -0.694. The van der Waals surface area contributed by atoms with E-state index in [9.17, 15) is 4.21 Å². The Bertz CT molecular complexity index is 262. The van der Waals surface area contributed by atoms with E-state index in [0.29, 0.717) is 11.8 Å². The second kappa shape index (κ2) is 7.81. The molecule has 3 atom stereocenters. The lowest BCUT2D eigenvalue weighted by Gasteiger charge is -2.20. The fourth-order valence-electron chi connectivity index (χ4n) is 2.21. The highest BCUT2D eigenvalue weighted by atomic mass is 32.2. The van der Waals surface area contributed by atoms with E-state index in [4.69, 9.17) is 5.26 Å². The predicted octanol–water partition coefficient (Wildman–Crippen LogP) is 1.82. The molecule has 0 aromatic heterocycles. The molecule has 0 aromatic carbocycles. The second-order valence-corrected chi connectivity index (χ2v) is 6.23. The van der Waals surface area contributed by atoms with Crippen LogP contribution in [0.25, 0.3) is 0 Å². The van der Waals surface area contributed by atoms with Crippen molar-refractivity contribution in [3.63, 3.8) is 0 Å². The van der Waals surface area contributed by atoms with Crippen molar-refractivity contribution in [1.82, 2.24) is 5.32 Å². The van der Waals surface area contributed by atoms with Crippen LogP contribution in [0.15, 0.2) is 0 Å². The SMILES string of the molecule is CCS(=O)CCNC1CCCCCC1C#N. The third-order valence-electron chi connectivity index (χ3n) is 3.24. The van der Waals surface area contributed by atoms with Gasteiger partial charge in [0.1, 0.15) is 0 Å². The van der Waals surface area contributed by atoms with Crippen molar-refractivity contribution in [2.45, 2.75) is 45.1 Å². The van der Waals surface area contributed by atoms with Crippen LogP contribution in [-0.2, 0) is 10.8 Å². The van der Waals surface area contributed by atoms with Gasteiger partial charge in [0.2, 0.25) is 0 Å². The third kappa shape index (κ3) is 4.63. The van der Waals surface area contributed by atoms with Gasteiger partial charge >= 0.3 is 0 Å². The van der Waals surface area contributed by atoms with Gasteiger partial charge in [-0.1, -0.05) is 26.2 Å². The van der Waals surface area contributed by atoms with E-state index in [1.54, 1.807) is 0 Å². The van der Waals surface area contributed by atoms with Crippen molar-refractivity contribution in [3.05, 3.63) is 0 Å². The van der Waals surface area contributed by atoms with Crippen molar-refractivity contribution in [2.24, 2.45) is 5.92 Å². The van der Waals surface area contributed by atoms with Gasteiger partial charge in [0.25, 0.3) is 0 Å². The summed E-state index contributed by atoms with van der Waals surface area (Å²) >= 11 is 0. The van der Waals surface area contributed by atoms with Gasteiger partial charge in [0.15, 0.2) is 0 Å². The molecule has 1 N–H and O–H groups in total. The Morgan fingerprint density at radius 3 is 2.81 bits per heavy atom. The summed E-state index contributed by atoms with van der Waals surface area (Å²) in [7, 11) is -0.694. The molecular weight excluding hydrogens is 220 g/mol. The zero-order valence-corrected chi connectivity index (χ0v) is 10.9. The third-order valence-corrected chi connectivity index (χ3v) is 4.54. The monoisotopic (exact) mass is 242 g/mol. The Morgan fingerprint density at radius 2 is 2.12 bits per heavy atom. The van der Waals surface area contributed by atoms with Crippen molar-refractivity contribution in [2.75, 3.05) is 18.1 Å². The molecule has 16 heavy (non-hydrogen) atoms. The Balaban J connectivity index is 2.32. The summed E-state index contributed by atoms with van der Waals surface area (Å²) in [6.07, 6.45) is 5.75. The summed E-state index contributed by atoms with van der Waals surface area (Å²) < 4.78 is 11.3. The molecule has 1 saturated carbocycles. The minimum Gasteiger partial charge on any atom is -0.312 e. The Morgan fingerprint density at radius 1 is 1.38 bits per heavy atom. The summed E-state index contributed by atoms with van der Waals surface area (Å²) in [6, 6.07) is 2.73. The van der Waals surface area contributed by atoms with Crippen LogP contribution < -0.4 is 5.32 Å². The number of nitrogens with one attached hydrogen (secondary N) is 1. The van der Waals surface area contributed by atoms with Gasteiger partial charge in [-0.25, -0.2) is 0 Å². The Labute approximate surface area is 101 Å². The Hall–Kier alpha value is -0.400. The van der Waals surface area contributed by atoms with Gasteiger partial charge in [-0.05, 0) is 12.8 Å². The first-order chi connectivity index (χ1) is 7.77. The van der Waals surface area contributed by atoms with E-state index in [1.165, 1.54) is 19.3 Å². The molecule has 1 rings (SSSR count). The maximum absolute atomic E-state index is 11.3. The van der Waals surface area contributed by atoms with Gasteiger partial charge in [0, 0.05) is 34.9 Å². The van der Waals surface area contributed by atoms with Crippen molar-refractivity contribution in [1.29, 1.82) is 5.26 Å². The van der Waals surface area contributed by atoms with Gasteiger partial charge in [-0.15, -0.1) is 0 Å². The first-order valence-corrected chi connectivity index (χ1v) is 7.74. The van der Waals surface area contributed by atoms with Crippen LogP contribution in [0.3, 0.4) is 0 Å². The molecule has 0 aromatic rings. The summed E-state index contributed by atoms with van der Waals surface area (Å²) in [5, 5.41) is 12.5. The van der Waals surface area contributed by atoms with Crippen LogP contribution in [0.2, 0.25) is 0 Å². The highest BCUT2D eigenvalue weighted by Crippen LogP contribution is 2.22. The molecule has 0 saturated heterocycles. The first-order valence-electron chi connectivity index (χ1n) is 6.26. The van der Waals surface area contributed by atoms with E-state index < -0.39 is 10.8 Å². The number of hydrogen-bond donors (Lipinski definition) is 1.